The molecule has 1 aliphatic carbocycles. The van der Waals surface area contributed by atoms with Gasteiger partial charge in [0.2, 0.25) is 11.9 Å². The van der Waals surface area contributed by atoms with Crippen molar-refractivity contribution in [3.63, 3.8) is 0 Å². The predicted molar refractivity (Wildman–Crippen MR) is 94.8 cm³/mol. The lowest BCUT2D eigenvalue weighted by Crippen LogP contribution is -2.53. The number of hydrogen-bond donors (Lipinski definition) is 2. The van der Waals surface area contributed by atoms with Gasteiger partial charge in [0.05, 0.1) is 16.7 Å². The average molecular weight is 345 g/mol. The first-order valence-electron chi connectivity index (χ1n) is 9.08. The summed E-state index contributed by atoms with van der Waals surface area (Å²) < 4.78 is 0. The Hall–Kier alpha value is -2.18. The largest absolute Gasteiger partial charge is 0.368 e. The van der Waals surface area contributed by atoms with E-state index in [9.17, 15) is 9.59 Å². The van der Waals surface area contributed by atoms with E-state index in [-0.39, 0.29) is 17.8 Å². The molecular formula is C18H27N5O2. The van der Waals surface area contributed by atoms with Crippen molar-refractivity contribution in [3.05, 3.63) is 17.5 Å². The molecule has 1 aliphatic heterocycles. The summed E-state index contributed by atoms with van der Waals surface area (Å²) in [5, 5.41) is 3.19. The van der Waals surface area contributed by atoms with E-state index < -0.39 is 5.41 Å². The van der Waals surface area contributed by atoms with E-state index >= 15 is 0 Å². The van der Waals surface area contributed by atoms with Gasteiger partial charge < -0.3 is 16.0 Å². The van der Waals surface area contributed by atoms with Crippen LogP contribution in [0.5, 0.6) is 0 Å². The number of piperidine rings is 1. The van der Waals surface area contributed by atoms with Gasteiger partial charge in [-0.05, 0) is 39.5 Å². The first kappa shape index (κ1) is 17.6. The molecule has 136 valence electrons. The van der Waals surface area contributed by atoms with Crippen LogP contribution in [-0.2, 0) is 4.79 Å². The summed E-state index contributed by atoms with van der Waals surface area (Å²) in [4.78, 5) is 35.4. The summed E-state index contributed by atoms with van der Waals surface area (Å²) in [5.74, 6) is 0.104. The molecule has 3 N–H and O–H groups in total. The highest BCUT2D eigenvalue weighted by Gasteiger charge is 2.40. The second-order valence-corrected chi connectivity index (χ2v) is 7.57. The standard InChI is InChI=1S/C18H27N5O2/c1-12-14(10-20-17(19)21-12)15(24)23-9-5-8-18(2,11-23)16(25)22-13-6-3-4-7-13/h10,13H,3-9,11H2,1-2H3,(H,22,25)(H2,19,20,21). The normalized spacial score (nSPS) is 24.3. The number of aryl methyl sites for hydroxylation is 1. The van der Waals surface area contributed by atoms with Crippen molar-refractivity contribution in [1.29, 1.82) is 0 Å². The Morgan fingerprint density at radius 1 is 1.32 bits per heavy atom. The summed E-state index contributed by atoms with van der Waals surface area (Å²) in [6.07, 6.45) is 7.58. The minimum absolute atomic E-state index is 0.0715. The molecule has 0 spiro atoms. The van der Waals surface area contributed by atoms with Crippen LogP contribution in [0.1, 0.15) is 61.5 Å². The van der Waals surface area contributed by atoms with E-state index in [1.54, 1.807) is 11.8 Å². The SMILES string of the molecule is Cc1nc(N)ncc1C(=O)N1CCCC(C)(C(=O)NC2CCCC2)C1. The molecule has 25 heavy (non-hydrogen) atoms. The van der Waals surface area contributed by atoms with Crippen LogP contribution in [0.3, 0.4) is 0 Å². The molecular weight excluding hydrogens is 318 g/mol. The van der Waals surface area contributed by atoms with Gasteiger partial charge in [-0.2, -0.15) is 0 Å². The van der Waals surface area contributed by atoms with E-state index in [2.05, 4.69) is 15.3 Å². The number of nitrogen functional groups attached to an aromatic ring is 1. The number of nitrogens with two attached hydrogens (primary N) is 1. The van der Waals surface area contributed by atoms with Gasteiger partial charge in [0.25, 0.3) is 5.91 Å². The van der Waals surface area contributed by atoms with Crippen LogP contribution in [0.15, 0.2) is 6.20 Å². The second kappa shape index (κ2) is 6.98. The van der Waals surface area contributed by atoms with Crippen LogP contribution < -0.4 is 11.1 Å². The van der Waals surface area contributed by atoms with Gasteiger partial charge in [-0.3, -0.25) is 9.59 Å². The molecule has 7 nitrogen and oxygen atoms in total. The first-order chi connectivity index (χ1) is 11.9. The van der Waals surface area contributed by atoms with Crippen molar-refractivity contribution in [3.8, 4) is 0 Å². The van der Waals surface area contributed by atoms with Gasteiger partial charge in [0.1, 0.15) is 0 Å². The molecule has 0 aromatic carbocycles. The van der Waals surface area contributed by atoms with Crippen LogP contribution in [0.2, 0.25) is 0 Å². The molecule has 1 saturated heterocycles. The zero-order chi connectivity index (χ0) is 18.0. The average Bonchev–Trinajstić information content (AvgIpc) is 3.07. The third-order valence-corrected chi connectivity index (χ3v) is 5.45. The zero-order valence-electron chi connectivity index (χ0n) is 15.0. The van der Waals surface area contributed by atoms with Crippen molar-refractivity contribution in [2.24, 2.45) is 5.41 Å². The summed E-state index contributed by atoms with van der Waals surface area (Å²) in [6, 6.07) is 0.295. The Balaban J connectivity index is 1.71. The molecule has 2 aliphatic rings. The number of hydrogen-bond acceptors (Lipinski definition) is 5. The number of nitrogens with one attached hydrogen (secondary N) is 1. The number of amides is 2. The molecule has 7 heteroatoms. The van der Waals surface area contributed by atoms with Gasteiger partial charge in [0, 0.05) is 25.3 Å². The maximum Gasteiger partial charge on any atom is 0.257 e. The molecule has 1 saturated carbocycles. The molecule has 0 bridgehead atoms. The number of nitrogens with zero attached hydrogens (tertiary/aromatic N) is 3. The Morgan fingerprint density at radius 2 is 2.04 bits per heavy atom. The Labute approximate surface area is 148 Å². The third kappa shape index (κ3) is 3.75. The number of anilines is 1. The summed E-state index contributed by atoms with van der Waals surface area (Å²) in [6.45, 7) is 4.79. The topological polar surface area (TPSA) is 101 Å². The minimum atomic E-state index is -0.543. The number of carbonyl (C=O) groups excluding carboxylic acids is 2. The van der Waals surface area contributed by atoms with Gasteiger partial charge in [-0.15, -0.1) is 0 Å². The van der Waals surface area contributed by atoms with Crippen LogP contribution in [-0.4, -0.2) is 45.8 Å². The fourth-order valence-corrected chi connectivity index (χ4v) is 3.89. The number of carbonyl (C=O) groups is 2. The summed E-state index contributed by atoms with van der Waals surface area (Å²) >= 11 is 0. The maximum absolute atomic E-state index is 12.9. The van der Waals surface area contributed by atoms with E-state index in [0.29, 0.717) is 30.4 Å². The summed E-state index contributed by atoms with van der Waals surface area (Å²) in [7, 11) is 0. The zero-order valence-corrected chi connectivity index (χ0v) is 15.0. The molecule has 1 atom stereocenters. The number of likely N-dealkylation sites (tertiary alicyclic amines) is 1. The predicted octanol–water partition coefficient (Wildman–Crippen LogP) is 1.67. The third-order valence-electron chi connectivity index (χ3n) is 5.45. The van der Waals surface area contributed by atoms with Crippen LogP contribution in [0, 0.1) is 12.3 Å². The number of rotatable bonds is 3. The van der Waals surface area contributed by atoms with E-state index in [1.165, 1.54) is 19.0 Å². The molecule has 1 unspecified atom stereocenters. The van der Waals surface area contributed by atoms with Gasteiger partial charge >= 0.3 is 0 Å². The lowest BCUT2D eigenvalue weighted by molar-refractivity contribution is -0.133. The molecule has 2 fully saturated rings. The second-order valence-electron chi connectivity index (χ2n) is 7.57. The Morgan fingerprint density at radius 3 is 2.72 bits per heavy atom. The molecule has 2 heterocycles. The molecule has 3 rings (SSSR count). The highest BCUT2D eigenvalue weighted by atomic mass is 16.2. The quantitative estimate of drug-likeness (QED) is 0.868. The van der Waals surface area contributed by atoms with Crippen LogP contribution in [0.4, 0.5) is 5.95 Å². The highest BCUT2D eigenvalue weighted by Crippen LogP contribution is 2.31. The summed E-state index contributed by atoms with van der Waals surface area (Å²) in [5.41, 5.74) is 6.05. The Kier molecular flexibility index (Phi) is 4.92. The molecule has 1 aromatic rings. The first-order valence-corrected chi connectivity index (χ1v) is 9.08. The Bertz CT molecular complexity index is 671. The highest BCUT2D eigenvalue weighted by molar-refractivity contribution is 5.95. The van der Waals surface area contributed by atoms with Crippen LogP contribution >= 0.6 is 0 Å². The van der Waals surface area contributed by atoms with Crippen molar-refractivity contribution < 1.29 is 9.59 Å². The number of aromatic nitrogens is 2. The molecule has 0 radical (unpaired) electrons. The van der Waals surface area contributed by atoms with Crippen molar-refractivity contribution in [1.82, 2.24) is 20.2 Å². The monoisotopic (exact) mass is 345 g/mol. The van der Waals surface area contributed by atoms with Gasteiger partial charge in [-0.1, -0.05) is 12.8 Å². The lowest BCUT2D eigenvalue weighted by Gasteiger charge is -2.40. The van der Waals surface area contributed by atoms with Crippen molar-refractivity contribution in [2.45, 2.75) is 58.4 Å². The fraction of sp³-hybridized carbons (Fsp3) is 0.667. The lowest BCUT2D eigenvalue weighted by atomic mass is 9.80. The molecule has 1 aromatic heterocycles. The van der Waals surface area contributed by atoms with E-state index in [0.717, 1.165) is 25.7 Å². The minimum Gasteiger partial charge on any atom is -0.368 e. The van der Waals surface area contributed by atoms with Gasteiger partial charge in [0.15, 0.2) is 0 Å². The smallest absolute Gasteiger partial charge is 0.257 e. The maximum atomic E-state index is 12.9. The van der Waals surface area contributed by atoms with Crippen LogP contribution in [0.25, 0.3) is 0 Å². The van der Waals surface area contributed by atoms with Crippen molar-refractivity contribution in [2.75, 3.05) is 18.8 Å². The van der Waals surface area contributed by atoms with E-state index in [4.69, 9.17) is 5.73 Å². The van der Waals surface area contributed by atoms with Crippen molar-refractivity contribution >= 4 is 17.8 Å². The molecule has 2 amide bonds. The van der Waals surface area contributed by atoms with E-state index in [1.807, 2.05) is 6.92 Å². The fourth-order valence-electron chi connectivity index (χ4n) is 3.89. The van der Waals surface area contributed by atoms with Gasteiger partial charge in [-0.25, -0.2) is 9.97 Å².